The fraction of sp³-hybridized carbons (Fsp3) is 0.786. The van der Waals surface area contributed by atoms with Crippen molar-refractivity contribution < 1.29 is 7.54 Å². The van der Waals surface area contributed by atoms with Gasteiger partial charge in [0, 0.05) is 24.9 Å². The number of carbonyl (C=O) groups excluding carboxylic acids is 1. The number of carbonyl (C=O) groups is 1. The molecule has 0 aromatic carbocycles. The third-order valence-electron chi connectivity index (χ3n) is 4.04. The van der Waals surface area contributed by atoms with Crippen molar-refractivity contribution in [2.24, 2.45) is 5.41 Å². The van der Waals surface area contributed by atoms with Crippen LogP contribution in [0.4, 0.5) is 0 Å². The molecule has 0 aromatic rings. The summed E-state index contributed by atoms with van der Waals surface area (Å²) in [6.07, 6.45) is 5.33. The SMILES string of the molecule is [2H]C1=CC(C)(C)N(CC2(C)CCC(=O)CC2)C([2H])N1. The summed E-state index contributed by atoms with van der Waals surface area (Å²) in [5, 5.41) is 2.85. The normalized spacial score (nSPS) is 34.4. The zero-order chi connectivity index (χ0) is 14.3. The highest BCUT2D eigenvalue weighted by Gasteiger charge is 2.36. The molecule has 2 rings (SSSR count). The van der Waals surface area contributed by atoms with Crippen LogP contribution in [-0.4, -0.2) is 29.4 Å². The molecule has 1 aliphatic heterocycles. The lowest BCUT2D eigenvalue weighted by atomic mass is 9.74. The number of hydrogen-bond donors (Lipinski definition) is 1. The maximum absolute atomic E-state index is 11.4. The first-order chi connectivity index (χ1) is 8.72. The second-order valence-electron chi connectivity index (χ2n) is 6.19. The average Bonchev–Trinajstić information content (AvgIpc) is 2.28. The van der Waals surface area contributed by atoms with Gasteiger partial charge in [0.2, 0.25) is 0 Å². The number of ketones is 1. The fourth-order valence-corrected chi connectivity index (χ4v) is 2.53. The predicted octanol–water partition coefficient (Wildman–Crippen LogP) is 2.29. The predicted molar refractivity (Wildman–Crippen MR) is 69.5 cm³/mol. The summed E-state index contributed by atoms with van der Waals surface area (Å²) in [5.41, 5.74) is -0.196. The summed E-state index contributed by atoms with van der Waals surface area (Å²) in [4.78, 5) is 13.5. The van der Waals surface area contributed by atoms with E-state index >= 15 is 0 Å². The van der Waals surface area contributed by atoms with Gasteiger partial charge in [0.15, 0.2) is 0 Å². The van der Waals surface area contributed by atoms with Crippen molar-refractivity contribution in [1.29, 1.82) is 0 Å². The van der Waals surface area contributed by atoms with Crippen molar-refractivity contribution in [3.63, 3.8) is 0 Å². The maximum Gasteiger partial charge on any atom is 0.132 e. The van der Waals surface area contributed by atoms with Crippen LogP contribution in [0, 0.1) is 5.41 Å². The van der Waals surface area contributed by atoms with Crippen LogP contribution in [0.5, 0.6) is 0 Å². The van der Waals surface area contributed by atoms with Crippen LogP contribution in [0.3, 0.4) is 0 Å². The third-order valence-corrected chi connectivity index (χ3v) is 4.04. The van der Waals surface area contributed by atoms with Crippen molar-refractivity contribution in [2.45, 2.75) is 52.0 Å². The summed E-state index contributed by atoms with van der Waals surface area (Å²) < 4.78 is 15.8. The molecule has 0 aromatic heterocycles. The van der Waals surface area contributed by atoms with E-state index < -0.39 is 6.64 Å². The Balaban J connectivity index is 2.11. The van der Waals surface area contributed by atoms with Gasteiger partial charge in [-0.1, -0.05) is 6.92 Å². The molecule has 0 amide bonds. The van der Waals surface area contributed by atoms with Crippen LogP contribution in [0.2, 0.25) is 0 Å². The molecule has 1 atom stereocenters. The molecule has 0 radical (unpaired) electrons. The quantitative estimate of drug-likeness (QED) is 0.801. The second-order valence-corrected chi connectivity index (χ2v) is 6.19. The van der Waals surface area contributed by atoms with Crippen LogP contribution >= 0.6 is 0 Å². The molecule has 0 spiro atoms. The fourth-order valence-electron chi connectivity index (χ4n) is 2.53. The minimum atomic E-state index is -0.582. The molecule has 2 aliphatic rings. The zero-order valence-electron chi connectivity index (χ0n) is 13.0. The molecule has 1 saturated carbocycles. The Labute approximate surface area is 107 Å². The van der Waals surface area contributed by atoms with Crippen LogP contribution in [0.1, 0.15) is 49.2 Å². The van der Waals surface area contributed by atoms with E-state index in [9.17, 15) is 4.79 Å². The minimum Gasteiger partial charge on any atom is -0.378 e. The monoisotopic (exact) mass is 238 g/mol. The van der Waals surface area contributed by atoms with Gasteiger partial charge in [-0.05, 0) is 44.4 Å². The number of Topliss-reactive ketones (excluding diaryl/α,β-unsaturated/α-hetero) is 1. The molecular weight excluding hydrogens is 212 g/mol. The molecule has 96 valence electrons. The lowest BCUT2D eigenvalue weighted by Gasteiger charge is -2.45. The highest BCUT2D eigenvalue weighted by molar-refractivity contribution is 5.79. The number of hydrogen-bond acceptors (Lipinski definition) is 3. The molecule has 17 heavy (non-hydrogen) atoms. The van der Waals surface area contributed by atoms with E-state index in [4.69, 9.17) is 2.74 Å². The summed E-state index contributed by atoms with van der Waals surface area (Å²) >= 11 is 0. The third kappa shape index (κ3) is 2.89. The number of nitrogens with one attached hydrogen (secondary N) is 1. The molecule has 0 bridgehead atoms. The van der Waals surface area contributed by atoms with Gasteiger partial charge in [-0.15, -0.1) is 0 Å². The Morgan fingerprint density at radius 3 is 2.71 bits per heavy atom. The van der Waals surface area contributed by atoms with Gasteiger partial charge in [-0.25, -0.2) is 0 Å². The van der Waals surface area contributed by atoms with Crippen molar-refractivity contribution in [3.8, 4) is 0 Å². The highest BCUT2D eigenvalue weighted by Crippen LogP contribution is 2.36. The lowest BCUT2D eigenvalue weighted by molar-refractivity contribution is -0.122. The molecule has 3 heteroatoms. The van der Waals surface area contributed by atoms with Gasteiger partial charge in [0.1, 0.15) is 5.78 Å². The maximum atomic E-state index is 11.4. The first kappa shape index (κ1) is 10.1. The molecular formula is C14H24N2O. The smallest absolute Gasteiger partial charge is 0.132 e. The van der Waals surface area contributed by atoms with Crippen LogP contribution in [0.25, 0.3) is 0 Å². The Kier molecular flexibility index (Phi) is 2.65. The number of nitrogens with zero attached hydrogens (tertiary/aromatic N) is 1. The van der Waals surface area contributed by atoms with Crippen molar-refractivity contribution in [3.05, 3.63) is 12.3 Å². The Morgan fingerprint density at radius 1 is 1.47 bits per heavy atom. The average molecular weight is 238 g/mol. The van der Waals surface area contributed by atoms with Crippen LogP contribution < -0.4 is 5.32 Å². The zero-order valence-corrected chi connectivity index (χ0v) is 11.0. The van der Waals surface area contributed by atoms with Crippen LogP contribution in [0.15, 0.2) is 12.3 Å². The molecule has 1 unspecified atom stereocenters. The summed E-state index contributed by atoms with van der Waals surface area (Å²) in [7, 11) is 0. The van der Waals surface area contributed by atoms with Crippen molar-refractivity contribution >= 4 is 5.78 Å². The molecule has 3 nitrogen and oxygen atoms in total. The van der Waals surface area contributed by atoms with Gasteiger partial charge in [-0.2, -0.15) is 0 Å². The van der Waals surface area contributed by atoms with Gasteiger partial charge in [0.25, 0.3) is 0 Å². The number of rotatable bonds is 2. The molecule has 1 aliphatic carbocycles. The van der Waals surface area contributed by atoms with Crippen molar-refractivity contribution in [2.75, 3.05) is 13.2 Å². The van der Waals surface area contributed by atoms with Gasteiger partial charge in [-0.3, -0.25) is 9.69 Å². The van der Waals surface area contributed by atoms with Gasteiger partial charge >= 0.3 is 0 Å². The first-order valence-electron chi connectivity index (χ1n) is 7.46. The van der Waals surface area contributed by atoms with Gasteiger partial charge < -0.3 is 5.32 Å². The highest BCUT2D eigenvalue weighted by atomic mass is 16.1. The lowest BCUT2D eigenvalue weighted by Crippen LogP contribution is -2.53. The second kappa shape index (κ2) is 4.45. The summed E-state index contributed by atoms with van der Waals surface area (Å²) in [6, 6.07) is 0. The molecule has 1 heterocycles. The topological polar surface area (TPSA) is 32.3 Å². The van der Waals surface area contributed by atoms with E-state index in [1.807, 2.05) is 19.9 Å². The van der Waals surface area contributed by atoms with E-state index in [0.717, 1.165) is 19.4 Å². The van der Waals surface area contributed by atoms with Crippen LogP contribution in [-0.2, 0) is 4.79 Å². The molecule has 1 N–H and O–H groups in total. The molecule has 1 fully saturated rings. The Morgan fingerprint density at radius 2 is 2.12 bits per heavy atom. The molecule has 0 saturated heterocycles. The van der Waals surface area contributed by atoms with E-state index in [0.29, 0.717) is 24.8 Å². The summed E-state index contributed by atoms with van der Waals surface area (Å²) in [5.74, 6) is 0.365. The van der Waals surface area contributed by atoms with E-state index in [1.54, 1.807) is 0 Å². The van der Waals surface area contributed by atoms with Gasteiger partial charge in [0.05, 0.1) is 9.39 Å². The van der Waals surface area contributed by atoms with Crippen molar-refractivity contribution in [1.82, 2.24) is 10.2 Å². The Bertz CT molecular complexity index is 396. The minimum absolute atomic E-state index is 0.0968. The largest absolute Gasteiger partial charge is 0.378 e. The standard InChI is InChI=1S/C14H24N2O/c1-13(2)8-9-15-11-16(13)10-14(3)6-4-12(17)5-7-14/h8-9,15H,4-7,10-11H2,1-3H3/i9D,11D. The van der Waals surface area contributed by atoms with E-state index in [1.165, 1.54) is 0 Å². The van der Waals surface area contributed by atoms with E-state index in [2.05, 4.69) is 17.1 Å². The van der Waals surface area contributed by atoms with E-state index in [-0.39, 0.29) is 11.0 Å². The first-order valence-corrected chi connectivity index (χ1v) is 6.39. The Hall–Kier alpha value is -0.830. The summed E-state index contributed by atoms with van der Waals surface area (Å²) in [6.45, 7) is 6.50.